The predicted octanol–water partition coefficient (Wildman–Crippen LogP) is 2.22. The smallest absolute Gasteiger partial charge is 0.272 e. The quantitative estimate of drug-likeness (QED) is 0.827. The SMILES string of the molecule is CN(C)C1CCN(c2ccc(NC(=O)c3cc(C=O)c[nH]3)cc2)C1. The number of nitrogens with zero attached hydrogens (tertiary/aromatic N) is 2. The van der Waals surface area contributed by atoms with Crippen LogP contribution in [0.25, 0.3) is 0 Å². The van der Waals surface area contributed by atoms with Gasteiger partial charge in [-0.3, -0.25) is 9.59 Å². The van der Waals surface area contributed by atoms with Crippen molar-refractivity contribution in [1.82, 2.24) is 9.88 Å². The van der Waals surface area contributed by atoms with Gasteiger partial charge >= 0.3 is 0 Å². The third kappa shape index (κ3) is 3.49. The van der Waals surface area contributed by atoms with Crippen LogP contribution >= 0.6 is 0 Å². The van der Waals surface area contributed by atoms with E-state index in [9.17, 15) is 9.59 Å². The van der Waals surface area contributed by atoms with E-state index in [0.29, 0.717) is 23.6 Å². The molecular weight excluding hydrogens is 304 g/mol. The number of aromatic amines is 1. The maximum Gasteiger partial charge on any atom is 0.272 e. The molecular formula is C18H22N4O2. The van der Waals surface area contributed by atoms with Crippen LogP contribution in [0, 0.1) is 0 Å². The maximum atomic E-state index is 12.1. The van der Waals surface area contributed by atoms with Crippen molar-refractivity contribution in [3.63, 3.8) is 0 Å². The van der Waals surface area contributed by atoms with E-state index in [1.54, 1.807) is 0 Å². The fourth-order valence-corrected chi connectivity index (χ4v) is 2.96. The summed E-state index contributed by atoms with van der Waals surface area (Å²) in [7, 11) is 4.23. The van der Waals surface area contributed by atoms with Gasteiger partial charge in [0.15, 0.2) is 6.29 Å². The third-order valence-electron chi connectivity index (χ3n) is 4.47. The van der Waals surface area contributed by atoms with Crippen molar-refractivity contribution in [1.29, 1.82) is 0 Å². The van der Waals surface area contributed by atoms with Crippen LogP contribution < -0.4 is 10.2 Å². The van der Waals surface area contributed by atoms with Gasteiger partial charge in [-0.25, -0.2) is 0 Å². The topological polar surface area (TPSA) is 68.4 Å². The van der Waals surface area contributed by atoms with Crippen LogP contribution in [-0.2, 0) is 0 Å². The molecule has 1 atom stereocenters. The van der Waals surface area contributed by atoms with E-state index in [1.165, 1.54) is 18.0 Å². The summed E-state index contributed by atoms with van der Waals surface area (Å²) in [4.78, 5) is 30.2. The number of benzene rings is 1. The second-order valence-corrected chi connectivity index (χ2v) is 6.32. The van der Waals surface area contributed by atoms with E-state index in [-0.39, 0.29) is 5.91 Å². The molecule has 0 radical (unpaired) electrons. The van der Waals surface area contributed by atoms with Crippen molar-refractivity contribution in [2.45, 2.75) is 12.5 Å². The number of anilines is 2. The zero-order chi connectivity index (χ0) is 17.1. The summed E-state index contributed by atoms with van der Waals surface area (Å²) >= 11 is 0. The van der Waals surface area contributed by atoms with Gasteiger partial charge in [-0.1, -0.05) is 0 Å². The van der Waals surface area contributed by atoms with Gasteiger partial charge < -0.3 is 20.1 Å². The molecule has 2 N–H and O–H groups in total. The molecule has 1 aromatic carbocycles. The largest absolute Gasteiger partial charge is 0.370 e. The van der Waals surface area contributed by atoms with Gasteiger partial charge in [0.1, 0.15) is 5.69 Å². The summed E-state index contributed by atoms with van der Waals surface area (Å²) in [5.41, 5.74) is 2.73. The van der Waals surface area contributed by atoms with E-state index in [2.05, 4.69) is 34.2 Å². The first-order chi connectivity index (χ1) is 11.6. The fraction of sp³-hybridized carbons (Fsp3) is 0.333. The average molecular weight is 326 g/mol. The van der Waals surface area contributed by atoms with E-state index >= 15 is 0 Å². The molecule has 1 saturated heterocycles. The zero-order valence-corrected chi connectivity index (χ0v) is 14.0. The van der Waals surface area contributed by atoms with E-state index < -0.39 is 0 Å². The molecule has 24 heavy (non-hydrogen) atoms. The highest BCUT2D eigenvalue weighted by Gasteiger charge is 2.23. The lowest BCUT2D eigenvalue weighted by Gasteiger charge is -2.22. The molecule has 0 bridgehead atoms. The summed E-state index contributed by atoms with van der Waals surface area (Å²) < 4.78 is 0. The normalized spacial score (nSPS) is 17.3. The van der Waals surface area contributed by atoms with Crippen LogP contribution in [0.3, 0.4) is 0 Å². The number of carbonyl (C=O) groups excluding carboxylic acids is 2. The summed E-state index contributed by atoms with van der Waals surface area (Å²) in [5.74, 6) is -0.260. The predicted molar refractivity (Wildman–Crippen MR) is 94.9 cm³/mol. The Bertz CT molecular complexity index is 721. The Morgan fingerprint density at radius 2 is 2.08 bits per heavy atom. The summed E-state index contributed by atoms with van der Waals surface area (Å²) in [6.07, 6.45) is 3.38. The molecule has 3 rings (SSSR count). The van der Waals surface area contributed by atoms with Crippen molar-refractivity contribution in [2.24, 2.45) is 0 Å². The molecule has 2 aromatic rings. The number of hydrogen-bond donors (Lipinski definition) is 2. The van der Waals surface area contributed by atoms with Crippen molar-refractivity contribution in [2.75, 3.05) is 37.4 Å². The number of likely N-dealkylation sites (N-methyl/N-ethyl adjacent to an activating group) is 1. The summed E-state index contributed by atoms with van der Waals surface area (Å²) in [6.45, 7) is 2.07. The first kappa shape index (κ1) is 16.3. The summed E-state index contributed by atoms with van der Waals surface area (Å²) in [5, 5.41) is 2.83. The lowest BCUT2D eigenvalue weighted by atomic mass is 10.2. The summed E-state index contributed by atoms with van der Waals surface area (Å²) in [6, 6.07) is 9.98. The van der Waals surface area contributed by atoms with Crippen LogP contribution in [0.1, 0.15) is 27.3 Å². The molecule has 1 aromatic heterocycles. The molecule has 1 amide bonds. The van der Waals surface area contributed by atoms with Gasteiger partial charge in [0.25, 0.3) is 5.91 Å². The highest BCUT2D eigenvalue weighted by atomic mass is 16.2. The Balaban J connectivity index is 1.62. The van der Waals surface area contributed by atoms with Gasteiger partial charge in [0, 0.05) is 42.3 Å². The number of carbonyl (C=O) groups is 2. The van der Waals surface area contributed by atoms with E-state index in [1.807, 2.05) is 24.3 Å². The molecule has 1 fully saturated rings. The Labute approximate surface area is 141 Å². The highest BCUT2D eigenvalue weighted by Crippen LogP contribution is 2.24. The molecule has 0 saturated carbocycles. The molecule has 2 heterocycles. The van der Waals surface area contributed by atoms with Gasteiger partial charge in [-0.15, -0.1) is 0 Å². The Morgan fingerprint density at radius 1 is 1.33 bits per heavy atom. The van der Waals surface area contributed by atoms with E-state index in [4.69, 9.17) is 0 Å². The van der Waals surface area contributed by atoms with Crippen LogP contribution in [0.5, 0.6) is 0 Å². The van der Waals surface area contributed by atoms with Gasteiger partial charge in [-0.05, 0) is 50.8 Å². The Hall–Kier alpha value is -2.60. The second kappa shape index (κ2) is 6.88. The molecule has 6 nitrogen and oxygen atoms in total. The van der Waals surface area contributed by atoms with Crippen molar-refractivity contribution >= 4 is 23.6 Å². The van der Waals surface area contributed by atoms with Crippen molar-refractivity contribution in [3.05, 3.63) is 47.8 Å². The lowest BCUT2D eigenvalue weighted by molar-refractivity contribution is 0.102. The molecule has 1 unspecified atom stereocenters. The molecule has 1 aliphatic heterocycles. The number of nitrogens with one attached hydrogen (secondary N) is 2. The minimum atomic E-state index is -0.260. The van der Waals surface area contributed by atoms with Crippen LogP contribution in [0.2, 0.25) is 0 Å². The molecule has 1 aliphatic rings. The standard InChI is InChI=1S/C18H22N4O2/c1-21(2)16-7-8-22(11-16)15-5-3-14(4-6-15)20-18(24)17-9-13(12-23)10-19-17/h3-6,9-10,12,16,19H,7-8,11H2,1-2H3,(H,20,24). The van der Waals surface area contributed by atoms with Crippen molar-refractivity contribution < 1.29 is 9.59 Å². The average Bonchev–Trinajstić information content (AvgIpc) is 3.25. The highest BCUT2D eigenvalue weighted by molar-refractivity contribution is 6.03. The van der Waals surface area contributed by atoms with Gasteiger partial charge in [0.2, 0.25) is 0 Å². The number of aromatic nitrogens is 1. The molecule has 6 heteroatoms. The Morgan fingerprint density at radius 3 is 2.67 bits per heavy atom. The van der Waals surface area contributed by atoms with Crippen molar-refractivity contribution in [3.8, 4) is 0 Å². The number of aldehydes is 1. The fourth-order valence-electron chi connectivity index (χ4n) is 2.96. The molecule has 0 aliphatic carbocycles. The minimum Gasteiger partial charge on any atom is -0.370 e. The molecule has 126 valence electrons. The second-order valence-electron chi connectivity index (χ2n) is 6.32. The third-order valence-corrected chi connectivity index (χ3v) is 4.47. The number of amides is 1. The monoisotopic (exact) mass is 326 g/mol. The first-order valence-electron chi connectivity index (χ1n) is 8.03. The first-order valence-corrected chi connectivity index (χ1v) is 8.03. The zero-order valence-electron chi connectivity index (χ0n) is 14.0. The minimum absolute atomic E-state index is 0.260. The maximum absolute atomic E-state index is 12.1. The van der Waals surface area contributed by atoms with Crippen LogP contribution in [0.4, 0.5) is 11.4 Å². The van der Waals surface area contributed by atoms with E-state index in [0.717, 1.165) is 25.2 Å². The van der Waals surface area contributed by atoms with Crippen LogP contribution in [-0.4, -0.2) is 55.3 Å². The molecule has 0 spiro atoms. The number of hydrogen-bond acceptors (Lipinski definition) is 4. The van der Waals surface area contributed by atoms with Crippen LogP contribution in [0.15, 0.2) is 36.5 Å². The Kier molecular flexibility index (Phi) is 4.66. The van der Waals surface area contributed by atoms with Gasteiger partial charge in [0.05, 0.1) is 0 Å². The number of H-pyrrole nitrogens is 1. The van der Waals surface area contributed by atoms with Gasteiger partial charge in [-0.2, -0.15) is 0 Å². The number of rotatable bonds is 5. The lowest BCUT2D eigenvalue weighted by Crippen LogP contribution is -2.31.